The van der Waals surface area contributed by atoms with Crippen molar-refractivity contribution in [2.75, 3.05) is 7.11 Å². The van der Waals surface area contributed by atoms with Crippen LogP contribution in [-0.4, -0.2) is 13.1 Å². The summed E-state index contributed by atoms with van der Waals surface area (Å²) < 4.78 is 10.7. The normalized spacial score (nSPS) is 11.7. The van der Waals surface area contributed by atoms with Crippen LogP contribution in [0.1, 0.15) is 23.7 Å². The number of rotatable bonds is 5. The quantitative estimate of drug-likeness (QED) is 0.777. The molecule has 0 spiro atoms. The standard InChI is InChI=1S/C17H18O3/c1-13-8-6-7-11-15(13)16(12-17(18)19-2)20-14-9-4-3-5-10-14/h3-11,16H,12H2,1-2H3/t16-/m0/s1. The van der Waals surface area contributed by atoms with Crippen molar-refractivity contribution in [3.05, 3.63) is 65.7 Å². The molecular formula is C17H18O3. The Morgan fingerprint density at radius 2 is 1.70 bits per heavy atom. The van der Waals surface area contributed by atoms with Gasteiger partial charge in [0.05, 0.1) is 13.5 Å². The lowest BCUT2D eigenvalue weighted by Gasteiger charge is -2.20. The van der Waals surface area contributed by atoms with Crippen molar-refractivity contribution in [2.24, 2.45) is 0 Å². The first-order valence-corrected chi connectivity index (χ1v) is 6.54. The van der Waals surface area contributed by atoms with Gasteiger partial charge in [-0.2, -0.15) is 0 Å². The predicted molar refractivity (Wildman–Crippen MR) is 77.6 cm³/mol. The lowest BCUT2D eigenvalue weighted by Crippen LogP contribution is -2.15. The summed E-state index contributed by atoms with van der Waals surface area (Å²) in [5.41, 5.74) is 2.10. The average Bonchev–Trinajstić information content (AvgIpc) is 2.48. The third-order valence-electron chi connectivity index (χ3n) is 3.14. The summed E-state index contributed by atoms with van der Waals surface area (Å²) in [5.74, 6) is 0.457. The summed E-state index contributed by atoms with van der Waals surface area (Å²) in [4.78, 5) is 11.6. The number of hydrogen-bond acceptors (Lipinski definition) is 3. The third-order valence-corrected chi connectivity index (χ3v) is 3.14. The zero-order valence-electron chi connectivity index (χ0n) is 11.7. The lowest BCUT2D eigenvalue weighted by molar-refractivity contribution is -0.142. The van der Waals surface area contributed by atoms with E-state index in [9.17, 15) is 4.79 Å². The zero-order valence-corrected chi connectivity index (χ0v) is 11.7. The number of aryl methyl sites for hydroxylation is 1. The molecule has 3 nitrogen and oxygen atoms in total. The number of para-hydroxylation sites is 1. The molecule has 104 valence electrons. The number of benzene rings is 2. The van der Waals surface area contributed by atoms with E-state index in [0.717, 1.165) is 16.9 Å². The molecule has 2 aromatic rings. The maximum atomic E-state index is 11.6. The Balaban J connectivity index is 2.25. The second kappa shape index (κ2) is 6.75. The van der Waals surface area contributed by atoms with E-state index < -0.39 is 0 Å². The lowest BCUT2D eigenvalue weighted by atomic mass is 10.0. The Morgan fingerprint density at radius 3 is 2.35 bits per heavy atom. The van der Waals surface area contributed by atoms with Gasteiger partial charge in [0.25, 0.3) is 0 Å². The van der Waals surface area contributed by atoms with E-state index in [-0.39, 0.29) is 18.5 Å². The summed E-state index contributed by atoms with van der Waals surface area (Å²) in [6, 6.07) is 17.4. The molecule has 0 saturated carbocycles. The van der Waals surface area contributed by atoms with Gasteiger partial charge in [0.1, 0.15) is 11.9 Å². The molecule has 0 aliphatic heterocycles. The summed E-state index contributed by atoms with van der Waals surface area (Å²) in [5, 5.41) is 0. The molecule has 2 rings (SSSR count). The van der Waals surface area contributed by atoms with Crippen molar-refractivity contribution in [3.8, 4) is 5.75 Å². The molecule has 0 aliphatic rings. The number of methoxy groups -OCH3 is 1. The number of carbonyl (C=O) groups excluding carboxylic acids is 1. The minimum Gasteiger partial charge on any atom is -0.485 e. The minimum absolute atomic E-state index is 0.191. The van der Waals surface area contributed by atoms with E-state index >= 15 is 0 Å². The van der Waals surface area contributed by atoms with Crippen molar-refractivity contribution in [1.82, 2.24) is 0 Å². The molecule has 0 heterocycles. The second-order valence-electron chi connectivity index (χ2n) is 4.56. The third kappa shape index (κ3) is 3.60. The number of carbonyl (C=O) groups is 1. The van der Waals surface area contributed by atoms with Crippen LogP contribution in [0.3, 0.4) is 0 Å². The van der Waals surface area contributed by atoms with Gasteiger partial charge in [-0.15, -0.1) is 0 Å². The van der Waals surface area contributed by atoms with Gasteiger partial charge >= 0.3 is 5.97 Å². The Bertz CT molecular complexity index is 563. The first-order valence-electron chi connectivity index (χ1n) is 6.54. The fraction of sp³-hybridized carbons (Fsp3) is 0.235. The summed E-state index contributed by atoms with van der Waals surface area (Å²) in [6.07, 6.45) is -0.151. The van der Waals surface area contributed by atoms with Gasteiger partial charge in [-0.1, -0.05) is 42.5 Å². The van der Waals surface area contributed by atoms with Crippen LogP contribution in [0.25, 0.3) is 0 Å². The highest BCUT2D eigenvalue weighted by molar-refractivity contribution is 5.70. The highest BCUT2D eigenvalue weighted by atomic mass is 16.5. The van der Waals surface area contributed by atoms with E-state index in [1.807, 2.05) is 61.5 Å². The van der Waals surface area contributed by atoms with E-state index in [0.29, 0.717) is 0 Å². The van der Waals surface area contributed by atoms with Crippen molar-refractivity contribution >= 4 is 5.97 Å². The summed E-state index contributed by atoms with van der Waals surface area (Å²) in [7, 11) is 1.39. The molecule has 0 bridgehead atoms. The number of esters is 1. The topological polar surface area (TPSA) is 35.5 Å². The van der Waals surface area contributed by atoms with Gasteiger partial charge in [-0.3, -0.25) is 4.79 Å². The maximum Gasteiger partial charge on any atom is 0.309 e. The van der Waals surface area contributed by atoms with Gasteiger partial charge in [-0.25, -0.2) is 0 Å². The predicted octanol–water partition coefficient (Wildman–Crippen LogP) is 3.68. The van der Waals surface area contributed by atoms with Crippen LogP contribution in [-0.2, 0) is 9.53 Å². The summed E-state index contributed by atoms with van der Waals surface area (Å²) in [6.45, 7) is 2.01. The Hall–Kier alpha value is -2.29. The van der Waals surface area contributed by atoms with Gasteiger partial charge < -0.3 is 9.47 Å². The fourth-order valence-electron chi connectivity index (χ4n) is 2.06. The second-order valence-corrected chi connectivity index (χ2v) is 4.56. The number of hydrogen-bond donors (Lipinski definition) is 0. The maximum absolute atomic E-state index is 11.6. The smallest absolute Gasteiger partial charge is 0.309 e. The van der Waals surface area contributed by atoms with E-state index in [4.69, 9.17) is 9.47 Å². The van der Waals surface area contributed by atoms with Crippen LogP contribution in [0.4, 0.5) is 0 Å². The largest absolute Gasteiger partial charge is 0.485 e. The Kier molecular flexibility index (Phi) is 4.77. The fourth-order valence-corrected chi connectivity index (χ4v) is 2.06. The molecule has 0 unspecified atom stereocenters. The first-order chi connectivity index (χ1) is 9.70. The van der Waals surface area contributed by atoms with Gasteiger partial charge in [-0.05, 0) is 30.2 Å². The van der Waals surface area contributed by atoms with Gasteiger partial charge in [0, 0.05) is 0 Å². The molecule has 2 aromatic carbocycles. The molecule has 3 heteroatoms. The molecule has 0 aliphatic carbocycles. The Morgan fingerprint density at radius 1 is 1.05 bits per heavy atom. The molecule has 0 amide bonds. The molecule has 0 fully saturated rings. The van der Waals surface area contributed by atoms with Crippen molar-refractivity contribution < 1.29 is 14.3 Å². The molecule has 0 radical (unpaired) electrons. The first kappa shape index (κ1) is 14.1. The van der Waals surface area contributed by atoms with Crippen molar-refractivity contribution in [3.63, 3.8) is 0 Å². The van der Waals surface area contributed by atoms with Gasteiger partial charge in [0.15, 0.2) is 0 Å². The van der Waals surface area contributed by atoms with Crippen molar-refractivity contribution in [2.45, 2.75) is 19.4 Å². The molecule has 0 saturated heterocycles. The monoisotopic (exact) mass is 270 g/mol. The highest BCUT2D eigenvalue weighted by Crippen LogP contribution is 2.27. The van der Waals surface area contributed by atoms with Crippen molar-refractivity contribution in [1.29, 1.82) is 0 Å². The molecule has 0 N–H and O–H groups in total. The van der Waals surface area contributed by atoms with Gasteiger partial charge in [0.2, 0.25) is 0 Å². The Labute approximate surface area is 119 Å². The summed E-state index contributed by atoms with van der Waals surface area (Å²) >= 11 is 0. The van der Waals surface area contributed by atoms with Crippen LogP contribution in [0.15, 0.2) is 54.6 Å². The number of ether oxygens (including phenoxy) is 2. The van der Waals surface area contributed by atoms with Crippen LogP contribution in [0.5, 0.6) is 5.75 Å². The molecule has 0 aromatic heterocycles. The minimum atomic E-state index is -0.342. The van der Waals surface area contributed by atoms with E-state index in [2.05, 4.69) is 0 Å². The molecular weight excluding hydrogens is 252 g/mol. The average molecular weight is 270 g/mol. The van der Waals surface area contributed by atoms with Crippen LogP contribution in [0.2, 0.25) is 0 Å². The van der Waals surface area contributed by atoms with Crippen LogP contribution < -0.4 is 4.74 Å². The highest BCUT2D eigenvalue weighted by Gasteiger charge is 2.19. The molecule has 20 heavy (non-hydrogen) atoms. The van der Waals surface area contributed by atoms with E-state index in [1.165, 1.54) is 7.11 Å². The molecule has 1 atom stereocenters. The van der Waals surface area contributed by atoms with Crippen LogP contribution in [0, 0.1) is 6.92 Å². The SMILES string of the molecule is COC(=O)C[C@H](Oc1ccccc1)c1ccccc1C. The zero-order chi connectivity index (χ0) is 14.4. The van der Waals surface area contributed by atoms with Crippen LogP contribution >= 0.6 is 0 Å². The van der Waals surface area contributed by atoms with E-state index in [1.54, 1.807) is 0 Å².